The van der Waals surface area contributed by atoms with E-state index < -0.39 is 5.97 Å². The van der Waals surface area contributed by atoms with Crippen LogP contribution in [0.15, 0.2) is 0 Å². The zero-order chi connectivity index (χ0) is 9.02. The molecule has 0 aliphatic rings. The lowest BCUT2D eigenvalue weighted by Crippen LogP contribution is -2.21. The van der Waals surface area contributed by atoms with Gasteiger partial charge in [-0.2, -0.15) is 0 Å². The predicted octanol–water partition coefficient (Wildman–Crippen LogP) is 2.39. The average molecular weight is 158 g/mol. The Bertz CT molecular complexity index is 128. The Morgan fingerprint density at radius 3 is 1.82 bits per heavy atom. The van der Waals surface area contributed by atoms with Crippen LogP contribution < -0.4 is 0 Å². The summed E-state index contributed by atoms with van der Waals surface area (Å²) in [6, 6.07) is 0. The number of rotatable bonds is 4. The van der Waals surface area contributed by atoms with Gasteiger partial charge in [0.05, 0.1) is 5.92 Å². The summed E-state index contributed by atoms with van der Waals surface area (Å²) in [5, 5.41) is 8.79. The molecule has 0 rings (SSSR count). The number of carboxylic acid groups (broad SMARTS) is 1. The summed E-state index contributed by atoms with van der Waals surface area (Å²) in [6.07, 6.45) is 0.785. The third-order valence-corrected chi connectivity index (χ3v) is 1.85. The van der Waals surface area contributed by atoms with Crippen LogP contribution in [-0.2, 0) is 4.79 Å². The largest absolute Gasteiger partial charge is 0.481 e. The van der Waals surface area contributed by atoms with Crippen LogP contribution >= 0.6 is 0 Å². The minimum atomic E-state index is -0.659. The van der Waals surface area contributed by atoms with E-state index >= 15 is 0 Å². The fraction of sp³-hybridized carbons (Fsp3) is 0.889. The molecule has 0 radical (unpaired) electrons. The van der Waals surface area contributed by atoms with Crippen molar-refractivity contribution in [3.8, 4) is 0 Å². The number of carboxylic acids is 1. The fourth-order valence-corrected chi connectivity index (χ4v) is 1.17. The van der Waals surface area contributed by atoms with Crippen LogP contribution in [0.3, 0.4) is 0 Å². The smallest absolute Gasteiger partial charge is 0.306 e. The molecule has 0 fully saturated rings. The van der Waals surface area contributed by atoms with Crippen LogP contribution in [0.5, 0.6) is 0 Å². The molecule has 2 nitrogen and oxygen atoms in total. The summed E-state index contributed by atoms with van der Waals surface area (Å²) in [7, 11) is 0. The maximum Gasteiger partial charge on any atom is 0.306 e. The van der Waals surface area contributed by atoms with E-state index in [1.807, 2.05) is 13.8 Å². The Morgan fingerprint density at radius 2 is 1.73 bits per heavy atom. The topological polar surface area (TPSA) is 37.3 Å². The van der Waals surface area contributed by atoms with Gasteiger partial charge in [-0.3, -0.25) is 4.79 Å². The first-order valence-corrected chi connectivity index (χ1v) is 4.18. The van der Waals surface area contributed by atoms with Gasteiger partial charge in [-0.25, -0.2) is 0 Å². The Labute approximate surface area is 68.6 Å². The minimum Gasteiger partial charge on any atom is -0.481 e. The molecule has 0 saturated carbocycles. The van der Waals surface area contributed by atoms with Crippen molar-refractivity contribution in [2.75, 3.05) is 0 Å². The van der Waals surface area contributed by atoms with E-state index in [2.05, 4.69) is 13.8 Å². The van der Waals surface area contributed by atoms with Gasteiger partial charge < -0.3 is 5.11 Å². The molecule has 1 N–H and O–H groups in total. The van der Waals surface area contributed by atoms with Gasteiger partial charge >= 0.3 is 5.97 Å². The molecule has 1 atom stereocenters. The second kappa shape index (κ2) is 4.37. The lowest BCUT2D eigenvalue weighted by Gasteiger charge is -2.17. The van der Waals surface area contributed by atoms with Crippen molar-refractivity contribution in [2.24, 2.45) is 17.8 Å². The van der Waals surface area contributed by atoms with Gasteiger partial charge in [-0.15, -0.1) is 0 Å². The van der Waals surface area contributed by atoms with Crippen molar-refractivity contribution >= 4 is 5.97 Å². The SMILES string of the molecule is CC(C)C[C@H](C(=O)O)C(C)C. The Balaban J connectivity index is 4.01. The third kappa shape index (κ3) is 4.02. The highest BCUT2D eigenvalue weighted by molar-refractivity contribution is 5.70. The van der Waals surface area contributed by atoms with Crippen molar-refractivity contribution in [1.82, 2.24) is 0 Å². The summed E-state index contributed by atoms with van der Waals surface area (Å²) in [6.45, 7) is 8.03. The van der Waals surface area contributed by atoms with Gasteiger partial charge in [0, 0.05) is 0 Å². The molecule has 0 saturated heterocycles. The minimum absolute atomic E-state index is 0.171. The number of hydrogen-bond donors (Lipinski definition) is 1. The highest BCUT2D eigenvalue weighted by Gasteiger charge is 2.21. The molecule has 0 unspecified atom stereocenters. The normalized spacial score (nSPS) is 14.0. The van der Waals surface area contributed by atoms with Crippen LogP contribution in [0, 0.1) is 17.8 Å². The maximum absolute atomic E-state index is 10.7. The highest BCUT2D eigenvalue weighted by atomic mass is 16.4. The second-order valence-electron chi connectivity index (χ2n) is 3.82. The van der Waals surface area contributed by atoms with Gasteiger partial charge in [-0.1, -0.05) is 27.7 Å². The van der Waals surface area contributed by atoms with Gasteiger partial charge in [0.25, 0.3) is 0 Å². The fourth-order valence-electron chi connectivity index (χ4n) is 1.17. The zero-order valence-corrected chi connectivity index (χ0v) is 7.79. The molecule has 0 aromatic heterocycles. The first-order chi connectivity index (χ1) is 4.95. The standard InChI is InChI=1S/C9H18O2/c1-6(2)5-8(7(3)4)9(10)11/h6-8H,5H2,1-4H3,(H,10,11)/t8-/m0/s1. The van der Waals surface area contributed by atoms with Crippen molar-refractivity contribution < 1.29 is 9.90 Å². The van der Waals surface area contributed by atoms with E-state index in [0.717, 1.165) is 6.42 Å². The van der Waals surface area contributed by atoms with E-state index in [1.165, 1.54) is 0 Å². The molecule has 0 spiro atoms. The lowest BCUT2D eigenvalue weighted by molar-refractivity contribution is -0.143. The van der Waals surface area contributed by atoms with Crippen LogP contribution in [0.4, 0.5) is 0 Å². The first kappa shape index (κ1) is 10.5. The van der Waals surface area contributed by atoms with E-state index in [1.54, 1.807) is 0 Å². The molecule has 0 amide bonds. The molecule has 0 aromatic carbocycles. The van der Waals surface area contributed by atoms with Crippen molar-refractivity contribution in [3.05, 3.63) is 0 Å². The van der Waals surface area contributed by atoms with E-state index in [0.29, 0.717) is 5.92 Å². The zero-order valence-electron chi connectivity index (χ0n) is 7.79. The van der Waals surface area contributed by atoms with Crippen LogP contribution in [0.1, 0.15) is 34.1 Å². The van der Waals surface area contributed by atoms with Crippen LogP contribution in [0.25, 0.3) is 0 Å². The second-order valence-corrected chi connectivity index (χ2v) is 3.82. The Kier molecular flexibility index (Phi) is 4.16. The molecule has 0 aliphatic heterocycles. The van der Waals surface area contributed by atoms with Crippen LogP contribution in [0.2, 0.25) is 0 Å². The Hall–Kier alpha value is -0.530. The molecule has 0 aromatic rings. The molecule has 66 valence electrons. The molecule has 0 aliphatic carbocycles. The monoisotopic (exact) mass is 158 g/mol. The van der Waals surface area contributed by atoms with Gasteiger partial charge in [0.15, 0.2) is 0 Å². The van der Waals surface area contributed by atoms with Gasteiger partial charge in [-0.05, 0) is 18.3 Å². The van der Waals surface area contributed by atoms with E-state index in [9.17, 15) is 4.79 Å². The lowest BCUT2D eigenvalue weighted by atomic mass is 9.88. The molecular formula is C9H18O2. The number of aliphatic carboxylic acids is 1. The first-order valence-electron chi connectivity index (χ1n) is 4.18. The summed E-state index contributed by atoms with van der Waals surface area (Å²) in [5.74, 6) is -0.114. The molecule has 0 bridgehead atoms. The third-order valence-electron chi connectivity index (χ3n) is 1.85. The molecule has 0 heterocycles. The molecule has 11 heavy (non-hydrogen) atoms. The maximum atomic E-state index is 10.7. The van der Waals surface area contributed by atoms with Crippen molar-refractivity contribution in [3.63, 3.8) is 0 Å². The van der Waals surface area contributed by atoms with Crippen LogP contribution in [-0.4, -0.2) is 11.1 Å². The van der Waals surface area contributed by atoms with E-state index in [4.69, 9.17) is 5.11 Å². The number of hydrogen-bond acceptors (Lipinski definition) is 1. The Morgan fingerprint density at radius 1 is 1.27 bits per heavy atom. The van der Waals surface area contributed by atoms with E-state index in [-0.39, 0.29) is 11.8 Å². The number of carbonyl (C=O) groups is 1. The summed E-state index contributed by atoms with van der Waals surface area (Å²) >= 11 is 0. The molecular weight excluding hydrogens is 140 g/mol. The summed E-state index contributed by atoms with van der Waals surface area (Å²) in [5.41, 5.74) is 0. The van der Waals surface area contributed by atoms with Gasteiger partial charge in [0.2, 0.25) is 0 Å². The quantitative estimate of drug-likeness (QED) is 0.682. The van der Waals surface area contributed by atoms with Crippen molar-refractivity contribution in [1.29, 1.82) is 0 Å². The van der Waals surface area contributed by atoms with Crippen molar-refractivity contribution in [2.45, 2.75) is 34.1 Å². The molecule has 2 heteroatoms. The van der Waals surface area contributed by atoms with Gasteiger partial charge in [0.1, 0.15) is 0 Å². The highest BCUT2D eigenvalue weighted by Crippen LogP contribution is 2.19. The summed E-state index contributed by atoms with van der Waals surface area (Å²) < 4.78 is 0. The summed E-state index contributed by atoms with van der Waals surface area (Å²) in [4.78, 5) is 10.7. The predicted molar refractivity (Wildman–Crippen MR) is 45.4 cm³/mol. The average Bonchev–Trinajstić information content (AvgIpc) is 1.81.